The Labute approximate surface area is 111 Å². The van der Waals surface area contributed by atoms with Crippen molar-refractivity contribution in [2.24, 2.45) is 0 Å². The first-order valence-corrected chi connectivity index (χ1v) is 5.77. The van der Waals surface area contributed by atoms with Gasteiger partial charge in [-0.15, -0.1) is 24.8 Å². The Kier molecular flexibility index (Phi) is 5.37. The molecule has 1 aromatic rings. The van der Waals surface area contributed by atoms with Crippen molar-refractivity contribution >= 4 is 28.9 Å². The quantitative estimate of drug-likeness (QED) is 0.821. The number of anilines is 1. The standard InChI is InChI=1S/C10H10Cl2F3NO2/c11-4-6(17)5-16-9-7(12)2-1-3-8(9)18-10(13,14)15/h1-3,6,16-17H,4-5H2. The van der Waals surface area contributed by atoms with E-state index in [0.29, 0.717) is 0 Å². The normalized spacial score (nSPS) is 13.2. The molecule has 2 N–H and O–H groups in total. The Morgan fingerprint density at radius 3 is 2.61 bits per heavy atom. The maximum atomic E-state index is 12.2. The minimum Gasteiger partial charge on any atom is -0.404 e. The number of halogens is 5. The first kappa shape index (κ1) is 15.2. The summed E-state index contributed by atoms with van der Waals surface area (Å²) >= 11 is 11.1. The minimum atomic E-state index is -4.81. The van der Waals surface area contributed by atoms with Crippen molar-refractivity contribution in [3.05, 3.63) is 23.2 Å². The van der Waals surface area contributed by atoms with Crippen LogP contribution >= 0.6 is 23.2 Å². The maximum Gasteiger partial charge on any atom is 0.573 e. The second-order valence-corrected chi connectivity index (χ2v) is 4.07. The van der Waals surface area contributed by atoms with Gasteiger partial charge in [-0.25, -0.2) is 0 Å². The molecule has 0 aliphatic rings. The molecule has 1 rings (SSSR count). The highest BCUT2D eigenvalue weighted by Gasteiger charge is 2.32. The zero-order valence-electron chi connectivity index (χ0n) is 8.97. The molecule has 0 aromatic heterocycles. The van der Waals surface area contributed by atoms with E-state index in [4.69, 9.17) is 23.2 Å². The van der Waals surface area contributed by atoms with Crippen LogP contribution in [0.1, 0.15) is 0 Å². The van der Waals surface area contributed by atoms with Crippen LogP contribution in [0.5, 0.6) is 5.75 Å². The molecule has 1 aromatic carbocycles. The third kappa shape index (κ3) is 4.80. The van der Waals surface area contributed by atoms with E-state index in [9.17, 15) is 18.3 Å². The van der Waals surface area contributed by atoms with Crippen molar-refractivity contribution in [3.8, 4) is 5.75 Å². The van der Waals surface area contributed by atoms with E-state index in [1.807, 2.05) is 0 Å². The van der Waals surface area contributed by atoms with Crippen molar-refractivity contribution < 1.29 is 23.0 Å². The molecule has 0 aliphatic heterocycles. The SMILES string of the molecule is OC(CCl)CNc1c(Cl)cccc1OC(F)(F)F. The second-order valence-electron chi connectivity index (χ2n) is 3.35. The number of hydrogen-bond donors (Lipinski definition) is 2. The highest BCUT2D eigenvalue weighted by molar-refractivity contribution is 6.33. The van der Waals surface area contributed by atoms with Crippen LogP contribution in [0.25, 0.3) is 0 Å². The van der Waals surface area contributed by atoms with Gasteiger partial charge in [0.2, 0.25) is 0 Å². The van der Waals surface area contributed by atoms with E-state index in [1.165, 1.54) is 12.1 Å². The summed E-state index contributed by atoms with van der Waals surface area (Å²) in [5.74, 6) is -0.510. The van der Waals surface area contributed by atoms with Crippen LogP contribution in [0.15, 0.2) is 18.2 Å². The van der Waals surface area contributed by atoms with Crippen molar-refractivity contribution in [1.82, 2.24) is 0 Å². The van der Waals surface area contributed by atoms with Crippen molar-refractivity contribution in [1.29, 1.82) is 0 Å². The Hall–Kier alpha value is -0.850. The molecule has 0 aliphatic carbocycles. The largest absolute Gasteiger partial charge is 0.573 e. The Morgan fingerprint density at radius 2 is 2.06 bits per heavy atom. The predicted molar refractivity (Wildman–Crippen MR) is 63.4 cm³/mol. The van der Waals surface area contributed by atoms with Crippen molar-refractivity contribution in [2.75, 3.05) is 17.7 Å². The third-order valence-electron chi connectivity index (χ3n) is 1.89. The predicted octanol–water partition coefficient (Wildman–Crippen LogP) is 3.25. The Balaban J connectivity index is 2.87. The molecule has 8 heteroatoms. The van der Waals surface area contributed by atoms with Gasteiger partial charge in [-0.3, -0.25) is 0 Å². The second kappa shape index (κ2) is 6.36. The summed E-state index contributed by atoms with van der Waals surface area (Å²) in [6, 6.07) is 3.85. The summed E-state index contributed by atoms with van der Waals surface area (Å²) in [4.78, 5) is 0. The average molecular weight is 304 g/mol. The molecule has 18 heavy (non-hydrogen) atoms. The van der Waals surface area contributed by atoms with Gasteiger partial charge in [0.15, 0.2) is 5.75 Å². The van der Waals surface area contributed by atoms with Gasteiger partial charge in [0.1, 0.15) is 0 Å². The number of hydrogen-bond acceptors (Lipinski definition) is 3. The summed E-state index contributed by atoms with van der Waals surface area (Å²) in [5, 5.41) is 11.9. The van der Waals surface area contributed by atoms with Crippen LogP contribution in [0.3, 0.4) is 0 Å². The lowest BCUT2D eigenvalue weighted by atomic mass is 10.2. The molecule has 0 saturated carbocycles. The summed E-state index contributed by atoms with van der Waals surface area (Å²) in [7, 11) is 0. The molecular weight excluding hydrogens is 294 g/mol. The van der Waals surface area contributed by atoms with Gasteiger partial charge in [-0.1, -0.05) is 17.7 Å². The van der Waals surface area contributed by atoms with E-state index in [1.54, 1.807) is 0 Å². The van der Waals surface area contributed by atoms with Crippen LogP contribution in [-0.2, 0) is 0 Å². The number of alkyl halides is 4. The van der Waals surface area contributed by atoms with Gasteiger partial charge >= 0.3 is 6.36 Å². The molecule has 0 bridgehead atoms. The van der Waals surface area contributed by atoms with Crippen molar-refractivity contribution in [3.63, 3.8) is 0 Å². The fourth-order valence-corrected chi connectivity index (χ4v) is 1.50. The monoisotopic (exact) mass is 303 g/mol. The van der Waals surface area contributed by atoms with E-state index >= 15 is 0 Å². The summed E-state index contributed by atoms with van der Waals surface area (Å²) in [5.41, 5.74) is -0.0411. The number of aliphatic hydroxyl groups is 1. The van der Waals surface area contributed by atoms with Crippen LogP contribution in [0, 0.1) is 0 Å². The van der Waals surface area contributed by atoms with E-state index in [2.05, 4.69) is 10.1 Å². The first-order chi connectivity index (χ1) is 8.33. The third-order valence-corrected chi connectivity index (χ3v) is 2.56. The molecule has 102 valence electrons. The summed E-state index contributed by atoms with van der Waals surface area (Å²) < 4.78 is 40.3. The molecule has 1 atom stereocenters. The smallest absolute Gasteiger partial charge is 0.404 e. The summed E-state index contributed by atoms with van der Waals surface area (Å²) in [6.45, 7) is -0.0402. The average Bonchev–Trinajstić information content (AvgIpc) is 2.25. The number of nitrogens with one attached hydrogen (secondary N) is 1. The molecule has 0 saturated heterocycles. The minimum absolute atomic E-state index is 0.0402. The topological polar surface area (TPSA) is 41.5 Å². The van der Waals surface area contributed by atoms with Gasteiger partial charge in [0.05, 0.1) is 22.7 Å². The van der Waals surface area contributed by atoms with Crippen LogP contribution in [-0.4, -0.2) is 30.0 Å². The lowest BCUT2D eigenvalue weighted by Gasteiger charge is -2.17. The molecule has 0 heterocycles. The molecule has 0 radical (unpaired) electrons. The van der Waals surface area contributed by atoms with Gasteiger partial charge in [0, 0.05) is 6.54 Å². The van der Waals surface area contributed by atoms with E-state index in [0.717, 1.165) is 6.07 Å². The molecule has 3 nitrogen and oxygen atoms in total. The highest BCUT2D eigenvalue weighted by atomic mass is 35.5. The lowest BCUT2D eigenvalue weighted by Crippen LogP contribution is -2.22. The zero-order chi connectivity index (χ0) is 13.8. The number of rotatable bonds is 5. The lowest BCUT2D eigenvalue weighted by molar-refractivity contribution is -0.274. The zero-order valence-corrected chi connectivity index (χ0v) is 10.5. The van der Waals surface area contributed by atoms with Crippen LogP contribution < -0.4 is 10.1 Å². The van der Waals surface area contributed by atoms with Crippen LogP contribution in [0.4, 0.5) is 18.9 Å². The molecule has 0 fully saturated rings. The fraction of sp³-hybridized carbons (Fsp3) is 0.400. The molecule has 1 unspecified atom stereocenters. The fourth-order valence-electron chi connectivity index (χ4n) is 1.16. The van der Waals surface area contributed by atoms with E-state index in [-0.39, 0.29) is 23.1 Å². The number of benzene rings is 1. The Morgan fingerprint density at radius 1 is 1.39 bits per heavy atom. The Bertz CT molecular complexity index is 401. The van der Waals surface area contributed by atoms with Gasteiger partial charge in [-0.05, 0) is 12.1 Å². The van der Waals surface area contributed by atoms with E-state index < -0.39 is 18.2 Å². The number of aliphatic hydroxyl groups excluding tert-OH is 1. The van der Waals surface area contributed by atoms with Crippen LogP contribution in [0.2, 0.25) is 5.02 Å². The number of ether oxygens (including phenoxy) is 1. The molecular formula is C10H10Cl2F3NO2. The molecule has 0 amide bonds. The summed E-state index contributed by atoms with van der Waals surface area (Å²) in [6.07, 6.45) is -5.71. The highest BCUT2D eigenvalue weighted by Crippen LogP contribution is 2.35. The number of para-hydroxylation sites is 1. The first-order valence-electron chi connectivity index (χ1n) is 4.85. The van der Waals surface area contributed by atoms with Crippen molar-refractivity contribution in [2.45, 2.75) is 12.5 Å². The molecule has 0 spiro atoms. The van der Waals surface area contributed by atoms with Gasteiger partial charge < -0.3 is 15.2 Å². The van der Waals surface area contributed by atoms with Gasteiger partial charge in [0.25, 0.3) is 0 Å². The maximum absolute atomic E-state index is 12.2. The van der Waals surface area contributed by atoms with Gasteiger partial charge in [-0.2, -0.15) is 0 Å².